The van der Waals surface area contributed by atoms with Crippen LogP contribution >= 0.6 is 12.2 Å². The fourth-order valence-corrected chi connectivity index (χ4v) is 3.84. The molecule has 37 heavy (non-hydrogen) atoms. The predicted octanol–water partition coefficient (Wildman–Crippen LogP) is 5.73. The molecule has 1 aromatic heterocycles. The molecule has 0 atom stereocenters. The number of carbonyl (C=O) groups excluding carboxylic acids is 1. The monoisotopic (exact) mass is 518 g/mol. The number of nitro benzene ring substituents is 1. The Bertz CT molecular complexity index is 1460. The zero-order chi connectivity index (χ0) is 26.5. The van der Waals surface area contributed by atoms with Crippen LogP contribution in [-0.2, 0) is 6.54 Å². The third kappa shape index (κ3) is 6.10. The number of hydrogen-bond donors (Lipinski definition) is 2. The van der Waals surface area contributed by atoms with E-state index in [1.807, 2.05) is 36.4 Å². The number of amides is 1. The molecule has 0 bridgehead atoms. The van der Waals surface area contributed by atoms with Crippen LogP contribution in [0.15, 0.2) is 65.1 Å². The molecule has 4 aromatic rings. The number of oxazole rings is 1. The zero-order valence-corrected chi connectivity index (χ0v) is 21.4. The Morgan fingerprint density at radius 2 is 1.89 bits per heavy atom. The maximum Gasteiger partial charge on any atom is 0.311 e. The molecule has 0 saturated carbocycles. The Balaban J connectivity index is 1.36. The van der Waals surface area contributed by atoms with E-state index >= 15 is 0 Å². The van der Waals surface area contributed by atoms with Gasteiger partial charge in [-0.2, -0.15) is 0 Å². The molecule has 0 fully saturated rings. The molecule has 0 radical (unpaired) electrons. The number of nitrogens with one attached hydrogen (secondary N) is 2. The van der Waals surface area contributed by atoms with Crippen LogP contribution in [0.4, 0.5) is 5.69 Å². The van der Waals surface area contributed by atoms with E-state index in [-0.39, 0.29) is 28.7 Å². The third-order valence-electron chi connectivity index (χ3n) is 5.68. The van der Waals surface area contributed by atoms with E-state index < -0.39 is 10.8 Å². The third-order valence-corrected chi connectivity index (χ3v) is 5.92. The smallest absolute Gasteiger partial charge is 0.311 e. The molecule has 2 N–H and O–H groups in total. The predicted molar refractivity (Wildman–Crippen MR) is 145 cm³/mol. The van der Waals surface area contributed by atoms with Crippen molar-refractivity contribution in [2.45, 2.75) is 33.2 Å². The van der Waals surface area contributed by atoms with Gasteiger partial charge in [-0.05, 0) is 72.6 Å². The summed E-state index contributed by atoms with van der Waals surface area (Å²) in [5.74, 6) is 0.497. The van der Waals surface area contributed by atoms with Crippen LogP contribution in [0, 0.1) is 10.1 Å². The molecular formula is C27H26N4O5S. The highest BCUT2D eigenvalue weighted by Crippen LogP contribution is 2.28. The quantitative estimate of drug-likeness (QED) is 0.172. The fraction of sp³-hybridized carbons (Fsp3) is 0.222. The molecule has 10 heteroatoms. The average Bonchev–Trinajstić information content (AvgIpc) is 3.31. The van der Waals surface area contributed by atoms with Crippen LogP contribution < -0.4 is 15.4 Å². The van der Waals surface area contributed by atoms with Crippen molar-refractivity contribution >= 4 is 40.0 Å². The van der Waals surface area contributed by atoms with Crippen molar-refractivity contribution in [2.24, 2.45) is 0 Å². The van der Waals surface area contributed by atoms with E-state index in [1.165, 1.54) is 17.7 Å². The van der Waals surface area contributed by atoms with Crippen molar-refractivity contribution in [1.82, 2.24) is 15.6 Å². The number of fused-ring (bicyclic) bond motifs is 1. The maximum absolute atomic E-state index is 12.5. The molecule has 0 aliphatic carbocycles. The highest BCUT2D eigenvalue weighted by molar-refractivity contribution is 7.80. The molecule has 0 spiro atoms. The van der Waals surface area contributed by atoms with Crippen molar-refractivity contribution in [1.29, 1.82) is 0 Å². The van der Waals surface area contributed by atoms with Gasteiger partial charge in [0.1, 0.15) is 5.52 Å². The molecule has 9 nitrogen and oxygen atoms in total. The average molecular weight is 519 g/mol. The molecule has 0 saturated heterocycles. The van der Waals surface area contributed by atoms with Gasteiger partial charge in [0, 0.05) is 23.7 Å². The second kappa shape index (κ2) is 11.2. The van der Waals surface area contributed by atoms with Gasteiger partial charge in [-0.25, -0.2) is 4.98 Å². The lowest BCUT2D eigenvalue weighted by Gasteiger charge is -2.10. The maximum atomic E-state index is 12.5. The standard InChI is InChI=1S/C27H26N4O5S/c1-4-35-24-12-10-20(14-22(24)31(33)34)25(32)30-27(37)28-15-17-5-7-18(8-6-17)26-29-21-13-19(16(2)3)9-11-23(21)36-26/h5-14,16H,4,15H2,1-3H3,(H2,28,30,32,37). The van der Waals surface area contributed by atoms with E-state index in [0.29, 0.717) is 18.4 Å². The summed E-state index contributed by atoms with van der Waals surface area (Å²) in [6.07, 6.45) is 0. The van der Waals surface area contributed by atoms with Crippen LogP contribution in [0.1, 0.15) is 48.2 Å². The summed E-state index contributed by atoms with van der Waals surface area (Å²) >= 11 is 5.22. The molecule has 0 aliphatic heterocycles. The minimum atomic E-state index is -0.591. The van der Waals surface area contributed by atoms with Crippen molar-refractivity contribution in [3.05, 3.63) is 87.5 Å². The number of carbonyl (C=O) groups is 1. The first-order chi connectivity index (χ1) is 17.7. The van der Waals surface area contributed by atoms with Crippen LogP contribution in [0.5, 0.6) is 5.75 Å². The van der Waals surface area contributed by atoms with Gasteiger partial charge in [-0.3, -0.25) is 20.2 Å². The number of benzene rings is 3. The minimum Gasteiger partial charge on any atom is -0.487 e. The second-order valence-corrected chi connectivity index (χ2v) is 9.02. The van der Waals surface area contributed by atoms with E-state index in [1.54, 1.807) is 6.92 Å². The number of rotatable bonds is 8. The molecule has 1 amide bonds. The Morgan fingerprint density at radius 1 is 1.14 bits per heavy atom. The summed E-state index contributed by atoms with van der Waals surface area (Å²) in [6, 6.07) is 17.7. The van der Waals surface area contributed by atoms with E-state index in [9.17, 15) is 14.9 Å². The van der Waals surface area contributed by atoms with Gasteiger partial charge in [-0.1, -0.05) is 32.0 Å². The van der Waals surface area contributed by atoms with Gasteiger partial charge in [0.15, 0.2) is 16.4 Å². The van der Waals surface area contributed by atoms with Gasteiger partial charge >= 0.3 is 5.69 Å². The Hall–Kier alpha value is -4.31. The van der Waals surface area contributed by atoms with Crippen molar-refractivity contribution in [3.63, 3.8) is 0 Å². The van der Waals surface area contributed by atoms with E-state index in [0.717, 1.165) is 28.3 Å². The lowest BCUT2D eigenvalue weighted by molar-refractivity contribution is -0.385. The van der Waals surface area contributed by atoms with Gasteiger partial charge < -0.3 is 14.5 Å². The summed E-state index contributed by atoms with van der Waals surface area (Å²) in [5.41, 5.74) is 4.36. The van der Waals surface area contributed by atoms with Crippen LogP contribution in [-0.4, -0.2) is 27.5 Å². The van der Waals surface area contributed by atoms with Gasteiger partial charge in [-0.15, -0.1) is 0 Å². The Labute approximate surface area is 219 Å². The number of ether oxygens (including phenoxy) is 1. The highest BCUT2D eigenvalue weighted by Gasteiger charge is 2.19. The molecule has 4 rings (SSSR count). The van der Waals surface area contributed by atoms with Crippen molar-refractivity contribution < 1.29 is 18.9 Å². The summed E-state index contributed by atoms with van der Waals surface area (Å²) in [4.78, 5) is 27.9. The SMILES string of the molecule is CCOc1ccc(C(=O)NC(=S)NCc2ccc(-c3nc4cc(C(C)C)ccc4o3)cc2)cc1[N+](=O)[O-]. The Kier molecular flexibility index (Phi) is 7.78. The summed E-state index contributed by atoms with van der Waals surface area (Å²) in [5, 5.41) is 16.9. The molecule has 1 heterocycles. The largest absolute Gasteiger partial charge is 0.487 e. The topological polar surface area (TPSA) is 120 Å². The highest BCUT2D eigenvalue weighted by atomic mass is 32.1. The summed E-state index contributed by atoms with van der Waals surface area (Å²) in [6.45, 7) is 6.64. The van der Waals surface area contributed by atoms with Gasteiger partial charge in [0.2, 0.25) is 5.89 Å². The van der Waals surface area contributed by atoms with Gasteiger partial charge in [0.05, 0.1) is 11.5 Å². The number of hydrogen-bond acceptors (Lipinski definition) is 7. The molecular weight excluding hydrogens is 492 g/mol. The molecule has 0 unspecified atom stereocenters. The molecule has 0 aliphatic rings. The zero-order valence-electron chi connectivity index (χ0n) is 20.6. The van der Waals surface area contributed by atoms with Crippen molar-refractivity contribution in [2.75, 3.05) is 6.61 Å². The normalized spacial score (nSPS) is 10.9. The first-order valence-corrected chi connectivity index (χ1v) is 12.2. The first-order valence-electron chi connectivity index (χ1n) is 11.8. The van der Waals surface area contributed by atoms with Crippen LogP contribution in [0.2, 0.25) is 0 Å². The second-order valence-electron chi connectivity index (χ2n) is 8.61. The lowest BCUT2D eigenvalue weighted by Crippen LogP contribution is -2.38. The van der Waals surface area contributed by atoms with Crippen LogP contribution in [0.25, 0.3) is 22.6 Å². The first kappa shape index (κ1) is 25.8. The van der Waals surface area contributed by atoms with Crippen LogP contribution in [0.3, 0.4) is 0 Å². The number of aromatic nitrogens is 1. The number of nitrogens with zero attached hydrogens (tertiary/aromatic N) is 2. The fourth-order valence-electron chi connectivity index (χ4n) is 3.67. The number of nitro groups is 1. The summed E-state index contributed by atoms with van der Waals surface area (Å²) < 4.78 is 11.2. The lowest BCUT2D eigenvalue weighted by atomic mass is 10.0. The number of thiocarbonyl (C=S) groups is 1. The van der Waals surface area contributed by atoms with E-state index in [2.05, 4.69) is 35.5 Å². The molecule has 190 valence electrons. The molecule has 3 aromatic carbocycles. The van der Waals surface area contributed by atoms with Gasteiger partial charge in [0.25, 0.3) is 5.91 Å². The van der Waals surface area contributed by atoms with Crippen molar-refractivity contribution in [3.8, 4) is 17.2 Å². The van der Waals surface area contributed by atoms with E-state index in [4.69, 9.17) is 21.4 Å². The Morgan fingerprint density at radius 3 is 2.57 bits per heavy atom. The summed E-state index contributed by atoms with van der Waals surface area (Å²) in [7, 11) is 0. The minimum absolute atomic E-state index is 0.0995.